The van der Waals surface area contributed by atoms with Gasteiger partial charge in [-0.05, 0) is 6.42 Å². The van der Waals surface area contributed by atoms with Gasteiger partial charge >= 0.3 is 0 Å². The number of aromatic amines is 1. The maximum Gasteiger partial charge on any atom is 0.257 e. The van der Waals surface area contributed by atoms with Crippen LogP contribution in [0.25, 0.3) is 0 Å². The number of nitrogens with zero attached hydrogens (tertiary/aromatic N) is 1. The van der Waals surface area contributed by atoms with Gasteiger partial charge in [0.15, 0.2) is 5.03 Å². The van der Waals surface area contributed by atoms with Crippen molar-refractivity contribution >= 4 is 10.0 Å². The highest BCUT2D eigenvalue weighted by Gasteiger charge is 2.18. The Bertz CT molecular complexity index is 384. The molecule has 0 spiro atoms. The number of hydrogen-bond acceptors (Lipinski definition) is 4. The molecule has 0 amide bonds. The predicted octanol–water partition coefficient (Wildman–Crippen LogP) is -0.443. The van der Waals surface area contributed by atoms with Crippen LogP contribution in [0.2, 0.25) is 0 Å². The molecular weight excluding hydrogens is 204 g/mol. The Morgan fingerprint density at radius 3 is 2.93 bits per heavy atom. The van der Waals surface area contributed by atoms with Gasteiger partial charge in [0.2, 0.25) is 0 Å². The maximum atomic E-state index is 11.6. The number of nitrogens with two attached hydrogens (primary N) is 1. The molecule has 1 heterocycles. The van der Waals surface area contributed by atoms with Crippen molar-refractivity contribution in [2.24, 2.45) is 5.73 Å². The van der Waals surface area contributed by atoms with Gasteiger partial charge in [-0.3, -0.25) is 5.10 Å². The Kier molecular flexibility index (Phi) is 3.62. The smallest absolute Gasteiger partial charge is 0.257 e. The third-order valence-corrected chi connectivity index (χ3v) is 3.18. The highest BCUT2D eigenvalue weighted by Crippen LogP contribution is 2.10. The number of hydrogen-bond donors (Lipinski definition) is 3. The number of nitrogens with one attached hydrogen (secondary N) is 2. The van der Waals surface area contributed by atoms with Crippen molar-refractivity contribution < 1.29 is 8.42 Å². The normalized spacial score (nSPS) is 11.9. The third kappa shape index (κ3) is 2.31. The molecule has 0 saturated heterocycles. The maximum absolute atomic E-state index is 11.6. The second kappa shape index (κ2) is 4.54. The first-order valence-electron chi connectivity index (χ1n) is 4.33. The van der Waals surface area contributed by atoms with Gasteiger partial charge in [-0.2, -0.15) is 5.10 Å². The van der Waals surface area contributed by atoms with Crippen LogP contribution in [0.5, 0.6) is 0 Å². The number of sulfonamides is 1. The van der Waals surface area contributed by atoms with Crippen molar-refractivity contribution in [3.63, 3.8) is 0 Å². The molecule has 1 aromatic heterocycles. The van der Waals surface area contributed by atoms with E-state index in [-0.39, 0.29) is 11.6 Å². The second-order valence-corrected chi connectivity index (χ2v) is 4.53. The quantitative estimate of drug-likeness (QED) is 0.623. The molecule has 80 valence electrons. The van der Waals surface area contributed by atoms with Crippen molar-refractivity contribution in [2.75, 3.05) is 6.54 Å². The van der Waals surface area contributed by atoms with Gasteiger partial charge in [0.05, 0.1) is 6.20 Å². The zero-order chi connectivity index (χ0) is 10.6. The van der Waals surface area contributed by atoms with Crippen molar-refractivity contribution in [3.05, 3.63) is 11.8 Å². The van der Waals surface area contributed by atoms with E-state index in [1.54, 1.807) is 0 Å². The zero-order valence-corrected chi connectivity index (χ0v) is 8.76. The van der Waals surface area contributed by atoms with E-state index < -0.39 is 10.0 Å². The summed E-state index contributed by atoms with van der Waals surface area (Å²) in [5.74, 6) is 0. The standard InChI is InChI=1S/C7H14N4O2S/c1-2-3-10-14(12,13)7-6(4-8)5-9-11-7/h5,10H,2-4,8H2,1H3,(H,9,11). The fraction of sp³-hybridized carbons (Fsp3) is 0.571. The van der Waals surface area contributed by atoms with Crippen molar-refractivity contribution in [1.82, 2.24) is 14.9 Å². The second-order valence-electron chi connectivity index (χ2n) is 2.83. The van der Waals surface area contributed by atoms with E-state index in [0.717, 1.165) is 6.42 Å². The topological polar surface area (TPSA) is 101 Å². The Hall–Kier alpha value is -0.920. The van der Waals surface area contributed by atoms with Crippen LogP contribution in [-0.2, 0) is 16.6 Å². The van der Waals surface area contributed by atoms with Crippen LogP contribution < -0.4 is 10.5 Å². The van der Waals surface area contributed by atoms with Crippen LogP contribution in [0.1, 0.15) is 18.9 Å². The first-order valence-corrected chi connectivity index (χ1v) is 5.82. The number of H-pyrrole nitrogens is 1. The number of aromatic nitrogens is 2. The van der Waals surface area contributed by atoms with Crippen LogP contribution in [0.4, 0.5) is 0 Å². The van der Waals surface area contributed by atoms with Gasteiger partial charge in [0.1, 0.15) is 0 Å². The van der Waals surface area contributed by atoms with Gasteiger partial charge in [0, 0.05) is 18.7 Å². The summed E-state index contributed by atoms with van der Waals surface area (Å²) in [6.07, 6.45) is 2.16. The summed E-state index contributed by atoms with van der Waals surface area (Å²) >= 11 is 0. The molecular formula is C7H14N4O2S. The first kappa shape index (κ1) is 11.2. The molecule has 7 heteroatoms. The Morgan fingerprint density at radius 1 is 1.64 bits per heavy atom. The highest BCUT2D eigenvalue weighted by atomic mass is 32.2. The van der Waals surface area contributed by atoms with Crippen LogP contribution >= 0.6 is 0 Å². The van der Waals surface area contributed by atoms with E-state index >= 15 is 0 Å². The summed E-state index contributed by atoms with van der Waals surface area (Å²) in [6, 6.07) is 0. The van der Waals surface area contributed by atoms with Crippen LogP contribution in [0.3, 0.4) is 0 Å². The largest absolute Gasteiger partial charge is 0.326 e. The molecule has 0 aliphatic carbocycles. The van der Waals surface area contributed by atoms with Crippen molar-refractivity contribution in [1.29, 1.82) is 0 Å². The van der Waals surface area contributed by atoms with E-state index in [9.17, 15) is 8.42 Å². The lowest BCUT2D eigenvalue weighted by atomic mass is 10.4. The molecule has 1 rings (SSSR count). The Morgan fingerprint density at radius 2 is 2.36 bits per heavy atom. The van der Waals surface area contributed by atoms with Gasteiger partial charge in [0.25, 0.3) is 10.0 Å². The monoisotopic (exact) mass is 218 g/mol. The van der Waals surface area contributed by atoms with Gasteiger partial charge < -0.3 is 5.73 Å². The predicted molar refractivity (Wildman–Crippen MR) is 52.0 cm³/mol. The highest BCUT2D eigenvalue weighted by molar-refractivity contribution is 7.89. The minimum Gasteiger partial charge on any atom is -0.326 e. The summed E-state index contributed by atoms with van der Waals surface area (Å²) in [5, 5.41) is 6.13. The van der Waals surface area contributed by atoms with Crippen LogP contribution in [-0.4, -0.2) is 25.2 Å². The first-order chi connectivity index (χ1) is 6.61. The lowest BCUT2D eigenvalue weighted by molar-refractivity contribution is 0.575. The minimum atomic E-state index is -3.47. The fourth-order valence-corrected chi connectivity index (χ4v) is 2.26. The van der Waals surface area contributed by atoms with Gasteiger partial charge in [-0.25, -0.2) is 13.1 Å². The molecule has 0 radical (unpaired) electrons. The molecule has 0 saturated carbocycles. The van der Waals surface area contributed by atoms with Gasteiger partial charge in [-0.1, -0.05) is 6.92 Å². The molecule has 0 unspecified atom stereocenters. The summed E-state index contributed by atoms with van der Waals surface area (Å²) in [6.45, 7) is 2.45. The van der Waals surface area contributed by atoms with Crippen molar-refractivity contribution in [3.8, 4) is 0 Å². The minimum absolute atomic E-state index is 0.0634. The average Bonchev–Trinajstić information content (AvgIpc) is 2.63. The van der Waals surface area contributed by atoms with Crippen LogP contribution in [0, 0.1) is 0 Å². The summed E-state index contributed by atoms with van der Waals surface area (Å²) in [7, 11) is -3.47. The Balaban J connectivity index is 2.92. The summed E-state index contributed by atoms with van der Waals surface area (Å²) < 4.78 is 25.6. The average molecular weight is 218 g/mol. The lowest BCUT2D eigenvalue weighted by Crippen LogP contribution is -2.26. The fourth-order valence-electron chi connectivity index (χ4n) is 0.986. The van der Waals surface area contributed by atoms with E-state index in [2.05, 4.69) is 14.9 Å². The molecule has 0 aliphatic rings. The molecule has 0 aliphatic heterocycles. The van der Waals surface area contributed by atoms with E-state index in [0.29, 0.717) is 12.1 Å². The van der Waals surface area contributed by atoms with E-state index in [4.69, 9.17) is 5.73 Å². The zero-order valence-electron chi connectivity index (χ0n) is 7.95. The third-order valence-electron chi connectivity index (χ3n) is 1.71. The summed E-state index contributed by atoms with van der Waals surface area (Å²) in [4.78, 5) is 0. The molecule has 0 bridgehead atoms. The number of rotatable bonds is 5. The molecule has 6 nitrogen and oxygen atoms in total. The lowest BCUT2D eigenvalue weighted by Gasteiger charge is -2.04. The van der Waals surface area contributed by atoms with E-state index in [1.165, 1.54) is 6.20 Å². The Labute approximate surface area is 82.9 Å². The molecule has 1 aromatic rings. The van der Waals surface area contributed by atoms with Crippen molar-refractivity contribution in [2.45, 2.75) is 24.9 Å². The SMILES string of the molecule is CCCNS(=O)(=O)c1[nH]ncc1CN. The molecule has 14 heavy (non-hydrogen) atoms. The van der Waals surface area contributed by atoms with Crippen LogP contribution in [0.15, 0.2) is 11.2 Å². The van der Waals surface area contributed by atoms with Gasteiger partial charge in [-0.15, -0.1) is 0 Å². The molecule has 4 N–H and O–H groups in total. The molecule has 0 aromatic carbocycles. The molecule has 0 atom stereocenters. The summed E-state index contributed by atoms with van der Waals surface area (Å²) in [5.41, 5.74) is 5.86. The van der Waals surface area contributed by atoms with E-state index in [1.807, 2.05) is 6.92 Å². The molecule has 0 fully saturated rings.